The van der Waals surface area contributed by atoms with Crippen molar-refractivity contribution in [1.82, 2.24) is 0 Å². The Morgan fingerprint density at radius 1 is 1.60 bits per heavy atom. The van der Waals surface area contributed by atoms with Crippen LogP contribution in [-0.2, 0) is 11.2 Å². The summed E-state index contributed by atoms with van der Waals surface area (Å²) in [7, 11) is 0. The molecule has 0 radical (unpaired) electrons. The molecule has 1 aromatic carbocycles. The second kappa shape index (κ2) is 5.71. The number of benzene rings is 1. The summed E-state index contributed by atoms with van der Waals surface area (Å²) in [5, 5.41) is 0.889. The molecule has 0 N–H and O–H groups in total. The number of carbonyl (C=O) groups is 1. The van der Waals surface area contributed by atoms with E-state index in [0.29, 0.717) is 5.75 Å². The lowest BCUT2D eigenvalue weighted by molar-refractivity contribution is -0.131. The van der Waals surface area contributed by atoms with Gasteiger partial charge in [-0.3, -0.25) is 4.79 Å². The summed E-state index contributed by atoms with van der Waals surface area (Å²) in [6, 6.07) is 5.79. The zero-order valence-corrected chi connectivity index (χ0v) is 10.2. The van der Waals surface area contributed by atoms with Crippen LogP contribution >= 0.6 is 15.9 Å². The van der Waals surface area contributed by atoms with Crippen molar-refractivity contribution in [2.24, 2.45) is 0 Å². The van der Waals surface area contributed by atoms with Gasteiger partial charge in [0.25, 0.3) is 0 Å². The SMILES string of the molecule is C=Cc1ccc(CCBr)cc1OC(C)=O. The lowest BCUT2D eigenvalue weighted by atomic mass is 10.1. The topological polar surface area (TPSA) is 26.3 Å². The fraction of sp³-hybridized carbons (Fsp3) is 0.250. The minimum Gasteiger partial charge on any atom is -0.426 e. The number of ether oxygens (including phenoxy) is 1. The lowest BCUT2D eigenvalue weighted by Crippen LogP contribution is -2.03. The highest BCUT2D eigenvalue weighted by atomic mass is 79.9. The largest absolute Gasteiger partial charge is 0.426 e. The molecule has 0 fully saturated rings. The van der Waals surface area contributed by atoms with E-state index in [2.05, 4.69) is 22.5 Å². The number of hydrogen-bond acceptors (Lipinski definition) is 2. The Morgan fingerprint density at radius 2 is 2.33 bits per heavy atom. The molecule has 2 nitrogen and oxygen atoms in total. The van der Waals surface area contributed by atoms with Crippen LogP contribution in [0.4, 0.5) is 0 Å². The quantitative estimate of drug-likeness (QED) is 0.476. The Labute approximate surface area is 98.1 Å². The average Bonchev–Trinajstić information content (AvgIpc) is 2.18. The van der Waals surface area contributed by atoms with Crippen molar-refractivity contribution in [1.29, 1.82) is 0 Å². The summed E-state index contributed by atoms with van der Waals surface area (Å²) in [6.07, 6.45) is 2.59. The molecule has 0 amide bonds. The molecule has 0 spiro atoms. The first-order valence-electron chi connectivity index (χ1n) is 4.67. The molecular formula is C12H13BrO2. The predicted molar refractivity (Wildman–Crippen MR) is 65.3 cm³/mol. The van der Waals surface area contributed by atoms with Gasteiger partial charge in [0.2, 0.25) is 0 Å². The van der Waals surface area contributed by atoms with Gasteiger partial charge < -0.3 is 4.74 Å². The third kappa shape index (κ3) is 3.51. The Bertz CT molecular complexity index is 372. The van der Waals surface area contributed by atoms with Crippen LogP contribution in [0, 0.1) is 0 Å². The molecular weight excluding hydrogens is 256 g/mol. The van der Waals surface area contributed by atoms with Crippen LogP contribution in [0.15, 0.2) is 24.8 Å². The Kier molecular flexibility index (Phi) is 4.56. The second-order valence-electron chi connectivity index (χ2n) is 3.11. The van der Waals surface area contributed by atoms with E-state index in [4.69, 9.17) is 4.74 Å². The zero-order valence-electron chi connectivity index (χ0n) is 8.63. The number of alkyl halides is 1. The zero-order chi connectivity index (χ0) is 11.3. The fourth-order valence-electron chi connectivity index (χ4n) is 1.26. The number of hydrogen-bond donors (Lipinski definition) is 0. The van der Waals surface area contributed by atoms with Crippen LogP contribution < -0.4 is 4.74 Å². The molecule has 15 heavy (non-hydrogen) atoms. The second-order valence-corrected chi connectivity index (χ2v) is 3.90. The minimum absolute atomic E-state index is 0.311. The van der Waals surface area contributed by atoms with E-state index < -0.39 is 0 Å². The van der Waals surface area contributed by atoms with Crippen molar-refractivity contribution in [3.8, 4) is 5.75 Å². The van der Waals surface area contributed by atoms with Crippen molar-refractivity contribution < 1.29 is 9.53 Å². The van der Waals surface area contributed by atoms with Gasteiger partial charge in [-0.2, -0.15) is 0 Å². The number of rotatable bonds is 4. The van der Waals surface area contributed by atoms with Gasteiger partial charge in [0.15, 0.2) is 0 Å². The van der Waals surface area contributed by atoms with Gasteiger partial charge in [-0.05, 0) is 18.1 Å². The maximum absolute atomic E-state index is 10.9. The molecule has 0 atom stereocenters. The molecule has 0 bridgehead atoms. The summed E-state index contributed by atoms with van der Waals surface area (Å²) in [4.78, 5) is 10.9. The van der Waals surface area contributed by atoms with Crippen molar-refractivity contribution >= 4 is 28.0 Å². The van der Waals surface area contributed by atoms with Crippen LogP contribution in [0.1, 0.15) is 18.1 Å². The summed E-state index contributed by atoms with van der Waals surface area (Å²) in [6.45, 7) is 5.07. The summed E-state index contributed by atoms with van der Waals surface area (Å²) >= 11 is 3.37. The molecule has 0 aliphatic rings. The minimum atomic E-state index is -0.311. The van der Waals surface area contributed by atoms with Gasteiger partial charge in [0.1, 0.15) is 5.75 Å². The number of aryl methyl sites for hydroxylation is 1. The Hall–Kier alpha value is -1.09. The predicted octanol–water partition coefficient (Wildman–Crippen LogP) is 3.19. The van der Waals surface area contributed by atoms with Crippen molar-refractivity contribution in [2.75, 3.05) is 5.33 Å². The first kappa shape index (κ1) is 12.0. The van der Waals surface area contributed by atoms with Gasteiger partial charge >= 0.3 is 5.97 Å². The van der Waals surface area contributed by atoms with Crippen molar-refractivity contribution in [3.05, 3.63) is 35.9 Å². The number of carbonyl (C=O) groups excluding carboxylic acids is 1. The molecule has 1 rings (SSSR count). The van der Waals surface area contributed by atoms with Gasteiger partial charge in [-0.1, -0.05) is 40.7 Å². The van der Waals surface area contributed by atoms with E-state index >= 15 is 0 Å². The van der Waals surface area contributed by atoms with Crippen LogP contribution in [0.3, 0.4) is 0 Å². The molecule has 3 heteroatoms. The molecule has 0 saturated heterocycles. The summed E-state index contributed by atoms with van der Waals surface area (Å²) in [5.41, 5.74) is 1.97. The van der Waals surface area contributed by atoms with E-state index in [-0.39, 0.29) is 5.97 Å². The smallest absolute Gasteiger partial charge is 0.308 e. The van der Waals surface area contributed by atoms with Crippen molar-refractivity contribution in [3.63, 3.8) is 0 Å². The highest BCUT2D eigenvalue weighted by Gasteiger charge is 2.04. The maximum atomic E-state index is 10.9. The molecule has 1 aromatic rings. The van der Waals surface area contributed by atoms with Gasteiger partial charge in [0.05, 0.1) is 0 Å². The normalized spacial score (nSPS) is 9.73. The van der Waals surface area contributed by atoms with Crippen LogP contribution in [0.25, 0.3) is 6.08 Å². The molecule has 0 aromatic heterocycles. The third-order valence-corrected chi connectivity index (χ3v) is 2.33. The Balaban J connectivity index is 3.01. The third-order valence-electron chi connectivity index (χ3n) is 1.93. The molecule has 0 saturated carbocycles. The molecule has 0 heterocycles. The van der Waals surface area contributed by atoms with Gasteiger partial charge in [-0.15, -0.1) is 0 Å². The van der Waals surface area contributed by atoms with E-state index in [0.717, 1.165) is 22.9 Å². The maximum Gasteiger partial charge on any atom is 0.308 e. The van der Waals surface area contributed by atoms with E-state index in [1.165, 1.54) is 6.92 Å². The van der Waals surface area contributed by atoms with E-state index in [1.807, 2.05) is 18.2 Å². The number of esters is 1. The van der Waals surface area contributed by atoms with Crippen LogP contribution in [-0.4, -0.2) is 11.3 Å². The average molecular weight is 269 g/mol. The summed E-state index contributed by atoms with van der Waals surface area (Å²) < 4.78 is 5.10. The molecule has 0 aliphatic carbocycles. The van der Waals surface area contributed by atoms with E-state index in [1.54, 1.807) is 6.08 Å². The van der Waals surface area contributed by atoms with Crippen molar-refractivity contribution in [2.45, 2.75) is 13.3 Å². The standard InChI is InChI=1S/C12H13BrO2/c1-3-11-5-4-10(6-7-13)8-12(11)15-9(2)14/h3-5,8H,1,6-7H2,2H3. The lowest BCUT2D eigenvalue weighted by Gasteiger charge is -2.07. The molecule has 0 unspecified atom stereocenters. The van der Waals surface area contributed by atoms with E-state index in [9.17, 15) is 4.79 Å². The molecule has 80 valence electrons. The Morgan fingerprint density at radius 3 is 2.87 bits per heavy atom. The summed E-state index contributed by atoms with van der Waals surface area (Å²) in [5.74, 6) is 0.269. The first-order chi connectivity index (χ1) is 7.17. The number of halogens is 1. The first-order valence-corrected chi connectivity index (χ1v) is 5.79. The molecule has 0 aliphatic heterocycles. The highest BCUT2D eigenvalue weighted by Crippen LogP contribution is 2.22. The van der Waals surface area contributed by atoms with Gasteiger partial charge in [-0.25, -0.2) is 0 Å². The fourth-order valence-corrected chi connectivity index (χ4v) is 1.71. The highest BCUT2D eigenvalue weighted by molar-refractivity contribution is 9.09. The monoisotopic (exact) mass is 268 g/mol. The van der Waals surface area contributed by atoms with Gasteiger partial charge in [0, 0.05) is 17.8 Å². The van der Waals surface area contributed by atoms with Crippen LogP contribution in [0.5, 0.6) is 5.75 Å². The van der Waals surface area contributed by atoms with Crippen LogP contribution in [0.2, 0.25) is 0 Å².